The van der Waals surface area contributed by atoms with Gasteiger partial charge in [-0.3, -0.25) is 0 Å². The Labute approximate surface area is 109 Å². The number of hydrogen-bond donors (Lipinski definition) is 0. The average Bonchev–Trinajstić information content (AvgIpc) is 2.43. The molecule has 0 saturated carbocycles. The molecule has 0 spiro atoms. The fourth-order valence-corrected chi connectivity index (χ4v) is 2.07. The summed E-state index contributed by atoms with van der Waals surface area (Å²) in [6.45, 7) is 5.77. The molecule has 0 heterocycles. The molecule has 2 aromatic carbocycles. The maximum absolute atomic E-state index is 5.48. The summed E-state index contributed by atoms with van der Waals surface area (Å²) in [7, 11) is 1.69. The largest absolute Gasteiger partial charge is 0.497 e. The summed E-state index contributed by atoms with van der Waals surface area (Å²) in [5.41, 5.74) is 1.32. The van der Waals surface area contributed by atoms with Crippen molar-refractivity contribution in [3.05, 3.63) is 42.0 Å². The van der Waals surface area contributed by atoms with Crippen molar-refractivity contribution < 1.29 is 9.47 Å². The summed E-state index contributed by atoms with van der Waals surface area (Å²) in [5, 5.41) is 2.46. The lowest BCUT2D eigenvalue weighted by Crippen LogP contribution is -2.03. The van der Waals surface area contributed by atoms with Crippen LogP contribution < -0.4 is 4.74 Å². The molecule has 18 heavy (non-hydrogen) atoms. The Morgan fingerprint density at radius 3 is 2.50 bits per heavy atom. The van der Waals surface area contributed by atoms with Crippen molar-refractivity contribution in [2.45, 2.75) is 19.8 Å². The first-order valence-corrected chi connectivity index (χ1v) is 6.40. The number of rotatable bonds is 5. The highest BCUT2D eigenvalue weighted by atomic mass is 16.5. The van der Waals surface area contributed by atoms with Gasteiger partial charge >= 0.3 is 0 Å². The monoisotopic (exact) mass is 244 g/mol. The van der Waals surface area contributed by atoms with Crippen LogP contribution in [0.15, 0.2) is 36.4 Å². The minimum atomic E-state index is 0.427. The number of fused-ring (bicyclic) bond motifs is 1. The molecular formula is C16H20O2. The van der Waals surface area contributed by atoms with Crippen molar-refractivity contribution in [3.63, 3.8) is 0 Å². The van der Waals surface area contributed by atoms with E-state index in [1.54, 1.807) is 7.11 Å². The second-order valence-corrected chi connectivity index (χ2v) is 4.53. The predicted molar refractivity (Wildman–Crippen MR) is 75.4 cm³/mol. The molecule has 96 valence electrons. The molecule has 0 saturated heterocycles. The molecule has 0 amide bonds. The second kappa shape index (κ2) is 5.87. The zero-order valence-electron chi connectivity index (χ0n) is 11.3. The van der Waals surface area contributed by atoms with E-state index in [1.165, 1.54) is 16.3 Å². The summed E-state index contributed by atoms with van der Waals surface area (Å²) in [6.07, 6.45) is 0. The molecule has 0 unspecified atom stereocenters. The molecule has 0 aliphatic heterocycles. The quantitative estimate of drug-likeness (QED) is 0.791. The molecule has 2 nitrogen and oxygen atoms in total. The zero-order valence-corrected chi connectivity index (χ0v) is 11.3. The molecule has 1 atom stereocenters. The van der Waals surface area contributed by atoms with E-state index < -0.39 is 0 Å². The topological polar surface area (TPSA) is 18.5 Å². The third-order valence-corrected chi connectivity index (χ3v) is 3.21. The summed E-state index contributed by atoms with van der Waals surface area (Å²) in [5.74, 6) is 1.33. The van der Waals surface area contributed by atoms with Gasteiger partial charge in [-0.15, -0.1) is 0 Å². The smallest absolute Gasteiger partial charge is 0.119 e. The third kappa shape index (κ3) is 2.82. The Morgan fingerprint density at radius 2 is 1.78 bits per heavy atom. The summed E-state index contributed by atoms with van der Waals surface area (Å²) < 4.78 is 10.7. The van der Waals surface area contributed by atoms with E-state index in [-0.39, 0.29) is 0 Å². The molecule has 0 bridgehead atoms. The normalized spacial score (nSPS) is 12.6. The number of methoxy groups -OCH3 is 1. The van der Waals surface area contributed by atoms with Crippen LogP contribution >= 0.6 is 0 Å². The van der Waals surface area contributed by atoms with Gasteiger partial charge in [-0.2, -0.15) is 0 Å². The van der Waals surface area contributed by atoms with Gasteiger partial charge in [0.2, 0.25) is 0 Å². The molecule has 2 aromatic rings. The van der Waals surface area contributed by atoms with E-state index >= 15 is 0 Å². The average molecular weight is 244 g/mol. The fourth-order valence-electron chi connectivity index (χ4n) is 2.07. The first-order chi connectivity index (χ1) is 8.74. The van der Waals surface area contributed by atoms with Crippen LogP contribution in [-0.2, 0) is 4.74 Å². The molecule has 0 aliphatic rings. The number of ether oxygens (including phenoxy) is 2. The van der Waals surface area contributed by atoms with Crippen LogP contribution in [0.3, 0.4) is 0 Å². The van der Waals surface area contributed by atoms with Crippen molar-refractivity contribution in [1.29, 1.82) is 0 Å². The van der Waals surface area contributed by atoms with E-state index in [9.17, 15) is 0 Å². The van der Waals surface area contributed by atoms with Crippen LogP contribution in [0.25, 0.3) is 10.8 Å². The lowest BCUT2D eigenvalue weighted by molar-refractivity contribution is 0.136. The van der Waals surface area contributed by atoms with Gasteiger partial charge in [0, 0.05) is 12.5 Å². The van der Waals surface area contributed by atoms with Crippen LogP contribution in [0.2, 0.25) is 0 Å². The third-order valence-electron chi connectivity index (χ3n) is 3.21. The van der Waals surface area contributed by atoms with Crippen LogP contribution in [0, 0.1) is 0 Å². The highest BCUT2D eigenvalue weighted by molar-refractivity contribution is 5.84. The van der Waals surface area contributed by atoms with Gasteiger partial charge in [-0.1, -0.05) is 31.2 Å². The predicted octanol–water partition coefficient (Wildman–Crippen LogP) is 3.99. The molecule has 0 radical (unpaired) electrons. The first-order valence-electron chi connectivity index (χ1n) is 6.40. The Balaban J connectivity index is 2.27. The second-order valence-electron chi connectivity index (χ2n) is 4.53. The Morgan fingerprint density at radius 1 is 1.06 bits per heavy atom. The number of benzene rings is 2. The van der Waals surface area contributed by atoms with E-state index in [0.717, 1.165) is 19.0 Å². The maximum atomic E-state index is 5.48. The van der Waals surface area contributed by atoms with Gasteiger partial charge < -0.3 is 9.47 Å². The van der Waals surface area contributed by atoms with Crippen LogP contribution in [-0.4, -0.2) is 20.3 Å². The van der Waals surface area contributed by atoms with E-state index in [1.807, 2.05) is 13.0 Å². The van der Waals surface area contributed by atoms with Gasteiger partial charge in [-0.25, -0.2) is 0 Å². The summed E-state index contributed by atoms with van der Waals surface area (Å²) in [4.78, 5) is 0. The Hall–Kier alpha value is -1.54. The molecule has 2 heteroatoms. The lowest BCUT2D eigenvalue weighted by Gasteiger charge is -2.13. The summed E-state index contributed by atoms with van der Waals surface area (Å²) in [6, 6.07) is 12.7. The highest BCUT2D eigenvalue weighted by Gasteiger charge is 2.06. The zero-order chi connectivity index (χ0) is 13.0. The molecular weight excluding hydrogens is 224 g/mol. The highest BCUT2D eigenvalue weighted by Crippen LogP contribution is 2.25. The van der Waals surface area contributed by atoms with Crippen molar-refractivity contribution in [2.24, 2.45) is 0 Å². The van der Waals surface area contributed by atoms with Gasteiger partial charge in [0.15, 0.2) is 0 Å². The molecule has 0 aliphatic carbocycles. The fraction of sp³-hybridized carbons (Fsp3) is 0.375. The summed E-state index contributed by atoms with van der Waals surface area (Å²) >= 11 is 0. The van der Waals surface area contributed by atoms with E-state index in [2.05, 4.69) is 37.3 Å². The molecule has 2 rings (SSSR count). The van der Waals surface area contributed by atoms with Gasteiger partial charge in [-0.05, 0) is 35.4 Å². The van der Waals surface area contributed by atoms with E-state index in [0.29, 0.717) is 5.92 Å². The SMILES string of the molecule is CCOC[C@@H](C)c1ccc2cc(OC)ccc2c1. The number of hydrogen-bond acceptors (Lipinski definition) is 2. The van der Waals surface area contributed by atoms with Gasteiger partial charge in [0.1, 0.15) is 5.75 Å². The van der Waals surface area contributed by atoms with Crippen molar-refractivity contribution in [3.8, 4) is 5.75 Å². The maximum Gasteiger partial charge on any atom is 0.119 e. The van der Waals surface area contributed by atoms with E-state index in [4.69, 9.17) is 9.47 Å². The van der Waals surface area contributed by atoms with Crippen molar-refractivity contribution >= 4 is 10.8 Å². The minimum Gasteiger partial charge on any atom is -0.497 e. The lowest BCUT2D eigenvalue weighted by atomic mass is 9.98. The van der Waals surface area contributed by atoms with Crippen LogP contribution in [0.5, 0.6) is 5.75 Å². The van der Waals surface area contributed by atoms with Crippen LogP contribution in [0.4, 0.5) is 0 Å². The Bertz CT molecular complexity index is 519. The van der Waals surface area contributed by atoms with Crippen molar-refractivity contribution in [2.75, 3.05) is 20.3 Å². The van der Waals surface area contributed by atoms with Crippen LogP contribution in [0.1, 0.15) is 25.3 Å². The molecule has 0 aromatic heterocycles. The minimum absolute atomic E-state index is 0.427. The molecule has 0 N–H and O–H groups in total. The standard InChI is InChI=1S/C16H20O2/c1-4-18-11-12(2)13-5-6-15-10-16(17-3)8-7-14(15)9-13/h5-10,12H,4,11H2,1-3H3/t12-/m1/s1. The van der Waals surface area contributed by atoms with Crippen molar-refractivity contribution in [1.82, 2.24) is 0 Å². The van der Waals surface area contributed by atoms with Gasteiger partial charge in [0.25, 0.3) is 0 Å². The molecule has 0 fully saturated rings. The first kappa shape index (κ1) is 12.9. The Kier molecular flexibility index (Phi) is 4.21. The van der Waals surface area contributed by atoms with Gasteiger partial charge in [0.05, 0.1) is 13.7 Å².